The lowest BCUT2D eigenvalue weighted by Crippen LogP contribution is -2.39. The van der Waals surface area contributed by atoms with E-state index in [-0.39, 0.29) is 11.8 Å². The van der Waals surface area contributed by atoms with Gasteiger partial charge in [0.25, 0.3) is 0 Å². The first-order valence-corrected chi connectivity index (χ1v) is 8.48. The molecule has 106 valence electrons. The quantitative estimate of drug-likeness (QED) is 0.843. The van der Waals surface area contributed by atoms with Crippen LogP contribution in [0.15, 0.2) is 24.3 Å². The minimum Gasteiger partial charge on any atom is -0.399 e. The molecule has 0 aromatic heterocycles. The number of benzene rings is 1. The summed E-state index contributed by atoms with van der Waals surface area (Å²) in [5.74, 6) is 0.0671. The van der Waals surface area contributed by atoms with Crippen molar-refractivity contribution in [1.82, 2.24) is 4.31 Å². The van der Waals surface area contributed by atoms with Gasteiger partial charge in [-0.3, -0.25) is 0 Å². The Labute approximate surface area is 115 Å². The van der Waals surface area contributed by atoms with Crippen LogP contribution in [-0.2, 0) is 15.8 Å². The average molecular weight is 282 g/mol. The highest BCUT2D eigenvalue weighted by Gasteiger charge is 2.30. The fourth-order valence-electron chi connectivity index (χ4n) is 2.78. The van der Waals surface area contributed by atoms with E-state index in [0.29, 0.717) is 12.2 Å². The van der Waals surface area contributed by atoms with Crippen molar-refractivity contribution in [2.45, 2.75) is 44.4 Å². The van der Waals surface area contributed by atoms with Crippen LogP contribution in [0.3, 0.4) is 0 Å². The molecule has 0 atom stereocenters. The van der Waals surface area contributed by atoms with Crippen molar-refractivity contribution in [3.8, 4) is 0 Å². The summed E-state index contributed by atoms with van der Waals surface area (Å²) in [6.07, 6.45) is 4.26. The van der Waals surface area contributed by atoms with E-state index >= 15 is 0 Å². The first-order chi connectivity index (χ1) is 9.03. The third kappa shape index (κ3) is 3.48. The number of rotatable bonds is 5. The molecular weight excluding hydrogens is 260 g/mol. The van der Waals surface area contributed by atoms with Gasteiger partial charge in [-0.05, 0) is 30.5 Å². The largest absolute Gasteiger partial charge is 0.399 e. The molecular formula is C14H22N2O2S. The Hall–Kier alpha value is -1.07. The lowest BCUT2D eigenvalue weighted by Gasteiger charge is -2.26. The lowest BCUT2D eigenvalue weighted by atomic mass is 10.2. The smallest absolute Gasteiger partial charge is 0.218 e. The molecule has 2 rings (SSSR count). The zero-order chi connectivity index (χ0) is 13.9. The van der Waals surface area contributed by atoms with Gasteiger partial charge >= 0.3 is 0 Å². The Morgan fingerprint density at radius 2 is 1.79 bits per heavy atom. The maximum absolute atomic E-state index is 12.5. The lowest BCUT2D eigenvalue weighted by molar-refractivity contribution is 0.335. The van der Waals surface area contributed by atoms with Crippen molar-refractivity contribution in [3.63, 3.8) is 0 Å². The van der Waals surface area contributed by atoms with Gasteiger partial charge in [-0.1, -0.05) is 31.9 Å². The molecule has 0 saturated heterocycles. The average Bonchev–Trinajstić information content (AvgIpc) is 2.86. The fourth-order valence-corrected chi connectivity index (χ4v) is 4.62. The van der Waals surface area contributed by atoms with E-state index < -0.39 is 10.0 Å². The van der Waals surface area contributed by atoms with Gasteiger partial charge in [0.15, 0.2) is 0 Å². The van der Waals surface area contributed by atoms with Crippen molar-refractivity contribution >= 4 is 15.7 Å². The van der Waals surface area contributed by atoms with E-state index in [9.17, 15) is 8.42 Å². The predicted molar refractivity (Wildman–Crippen MR) is 78.1 cm³/mol. The monoisotopic (exact) mass is 282 g/mol. The standard InChI is InChI=1S/C14H22N2O2S/c1-2-16(14-5-3-4-6-14)19(17,18)11-12-7-9-13(15)10-8-12/h7-10,14H,2-6,11,15H2,1H3. The molecule has 2 N–H and O–H groups in total. The van der Waals surface area contributed by atoms with E-state index in [1.165, 1.54) is 0 Å². The Morgan fingerprint density at radius 3 is 2.32 bits per heavy atom. The van der Waals surface area contributed by atoms with Gasteiger partial charge in [0.2, 0.25) is 10.0 Å². The molecule has 4 nitrogen and oxygen atoms in total. The molecule has 1 saturated carbocycles. The predicted octanol–water partition coefficient (Wildman–Crippen LogP) is 2.36. The minimum absolute atomic E-state index is 0.0671. The van der Waals surface area contributed by atoms with Crippen molar-refractivity contribution in [3.05, 3.63) is 29.8 Å². The molecule has 5 heteroatoms. The molecule has 1 fully saturated rings. The Morgan fingerprint density at radius 1 is 1.21 bits per heavy atom. The zero-order valence-corrected chi connectivity index (χ0v) is 12.2. The molecule has 0 radical (unpaired) electrons. The summed E-state index contributed by atoms with van der Waals surface area (Å²) in [7, 11) is -3.23. The molecule has 1 aliphatic rings. The topological polar surface area (TPSA) is 63.4 Å². The highest BCUT2D eigenvalue weighted by Crippen LogP contribution is 2.26. The second-order valence-electron chi connectivity index (χ2n) is 5.14. The minimum atomic E-state index is -3.23. The van der Waals surface area contributed by atoms with Crippen LogP contribution >= 0.6 is 0 Å². The summed E-state index contributed by atoms with van der Waals surface area (Å²) in [6, 6.07) is 7.27. The third-order valence-electron chi connectivity index (χ3n) is 3.73. The number of nitrogens with zero attached hydrogens (tertiary/aromatic N) is 1. The number of sulfonamides is 1. The summed E-state index contributed by atoms with van der Waals surface area (Å²) < 4.78 is 26.7. The number of nitrogen functional groups attached to an aromatic ring is 1. The Kier molecular flexibility index (Phi) is 4.47. The van der Waals surface area contributed by atoms with Gasteiger partial charge in [0.05, 0.1) is 5.75 Å². The van der Waals surface area contributed by atoms with E-state index in [1.807, 2.05) is 6.92 Å². The highest BCUT2D eigenvalue weighted by molar-refractivity contribution is 7.88. The number of hydrogen-bond donors (Lipinski definition) is 1. The van der Waals surface area contributed by atoms with Crippen LogP contribution in [0, 0.1) is 0 Å². The summed E-state index contributed by atoms with van der Waals surface area (Å²) in [4.78, 5) is 0. The Bertz CT molecular complexity index is 505. The number of hydrogen-bond acceptors (Lipinski definition) is 3. The molecule has 0 heterocycles. The second kappa shape index (κ2) is 5.92. The molecule has 0 spiro atoms. The molecule has 0 amide bonds. The summed E-state index contributed by atoms with van der Waals surface area (Å²) in [6.45, 7) is 2.47. The van der Waals surface area contributed by atoms with Gasteiger partial charge in [0.1, 0.15) is 0 Å². The first kappa shape index (κ1) is 14.3. The fraction of sp³-hybridized carbons (Fsp3) is 0.571. The zero-order valence-electron chi connectivity index (χ0n) is 11.4. The van der Waals surface area contributed by atoms with Crippen LogP contribution in [-0.4, -0.2) is 25.3 Å². The van der Waals surface area contributed by atoms with E-state index in [0.717, 1.165) is 31.2 Å². The number of nitrogens with two attached hydrogens (primary N) is 1. The van der Waals surface area contributed by atoms with E-state index in [1.54, 1.807) is 28.6 Å². The first-order valence-electron chi connectivity index (χ1n) is 6.87. The van der Waals surface area contributed by atoms with Crippen molar-refractivity contribution in [2.24, 2.45) is 0 Å². The van der Waals surface area contributed by atoms with Crippen LogP contribution in [0.25, 0.3) is 0 Å². The molecule has 0 bridgehead atoms. The maximum atomic E-state index is 12.5. The van der Waals surface area contributed by atoms with Crippen LogP contribution in [0.4, 0.5) is 5.69 Å². The summed E-state index contributed by atoms with van der Waals surface area (Å²) in [5, 5.41) is 0. The second-order valence-corrected chi connectivity index (χ2v) is 7.06. The van der Waals surface area contributed by atoms with Crippen LogP contribution < -0.4 is 5.73 Å². The number of anilines is 1. The van der Waals surface area contributed by atoms with Gasteiger partial charge in [-0.2, -0.15) is 4.31 Å². The van der Waals surface area contributed by atoms with Gasteiger partial charge in [-0.25, -0.2) is 8.42 Å². The summed E-state index contributed by atoms with van der Waals surface area (Å²) in [5.41, 5.74) is 7.07. The van der Waals surface area contributed by atoms with Crippen molar-refractivity contribution in [1.29, 1.82) is 0 Å². The van der Waals surface area contributed by atoms with Gasteiger partial charge < -0.3 is 5.73 Å². The Balaban J connectivity index is 2.13. The molecule has 1 aromatic carbocycles. The van der Waals surface area contributed by atoms with Crippen LogP contribution in [0.1, 0.15) is 38.2 Å². The van der Waals surface area contributed by atoms with Crippen molar-refractivity contribution < 1.29 is 8.42 Å². The third-order valence-corrected chi connectivity index (χ3v) is 5.70. The van der Waals surface area contributed by atoms with Crippen LogP contribution in [0.5, 0.6) is 0 Å². The molecule has 1 aromatic rings. The molecule has 19 heavy (non-hydrogen) atoms. The highest BCUT2D eigenvalue weighted by atomic mass is 32.2. The van der Waals surface area contributed by atoms with E-state index in [4.69, 9.17) is 5.73 Å². The molecule has 0 unspecified atom stereocenters. The molecule has 1 aliphatic carbocycles. The van der Waals surface area contributed by atoms with Gasteiger partial charge in [0, 0.05) is 18.3 Å². The molecule has 0 aliphatic heterocycles. The SMILES string of the molecule is CCN(C1CCCC1)S(=O)(=O)Cc1ccc(N)cc1. The maximum Gasteiger partial charge on any atom is 0.218 e. The van der Waals surface area contributed by atoms with Crippen LogP contribution in [0.2, 0.25) is 0 Å². The normalized spacial score (nSPS) is 17.2. The van der Waals surface area contributed by atoms with Gasteiger partial charge in [-0.15, -0.1) is 0 Å². The summed E-state index contributed by atoms with van der Waals surface area (Å²) >= 11 is 0. The van der Waals surface area contributed by atoms with E-state index in [2.05, 4.69) is 0 Å². The van der Waals surface area contributed by atoms with Crippen molar-refractivity contribution in [2.75, 3.05) is 12.3 Å².